The summed E-state index contributed by atoms with van der Waals surface area (Å²) in [7, 11) is -3.11. The second-order valence-electron chi connectivity index (χ2n) is 7.67. The lowest BCUT2D eigenvalue weighted by atomic mass is 9.83. The van der Waals surface area contributed by atoms with E-state index in [0.29, 0.717) is 17.2 Å². The number of carbonyl (C=O) groups is 1. The van der Waals surface area contributed by atoms with Crippen LogP contribution in [0, 0.1) is 5.41 Å². The van der Waals surface area contributed by atoms with Crippen LogP contribution in [0.25, 0.3) is 0 Å². The van der Waals surface area contributed by atoms with Crippen LogP contribution in [0.3, 0.4) is 0 Å². The maximum Gasteiger partial charge on any atom is 0.331 e. The van der Waals surface area contributed by atoms with Gasteiger partial charge >= 0.3 is 5.97 Å². The smallest absolute Gasteiger partial charge is 0.331 e. The first-order valence-electron chi connectivity index (χ1n) is 10.1. The number of para-hydroxylation sites is 1. The lowest BCUT2D eigenvalue weighted by molar-refractivity contribution is -0.131. The molecule has 1 aliphatic heterocycles. The van der Waals surface area contributed by atoms with E-state index in [4.69, 9.17) is 9.84 Å². The average molecular weight is 464 g/mol. The Bertz CT molecular complexity index is 958. The molecule has 0 radical (unpaired) electrons. The molecule has 0 unspecified atom stereocenters. The molecule has 2 aromatic carbocycles. The number of aliphatic carboxylic acids is 1. The van der Waals surface area contributed by atoms with Crippen LogP contribution < -0.4 is 9.64 Å². The normalized spacial score (nSPS) is 18.3. The third-order valence-corrected chi connectivity index (χ3v) is 8.67. The minimum atomic E-state index is -3.11. The van der Waals surface area contributed by atoms with Crippen molar-refractivity contribution in [1.29, 1.82) is 0 Å². The average Bonchev–Trinajstić information content (AvgIpc) is 2.86. The minimum Gasteiger partial charge on any atom is -0.478 e. The number of hydrogen-bond acceptors (Lipinski definition) is 6. The standard InChI is InChI=1S/C23H29NO5S2/c1-4-23(5-2)15-24(17-9-7-6-8-10-17)18-13-20(30-3)19(29-12-11-22(25)26)14-21(18)31(27,28)16-23/h6-14,27-28H,4-5,15-16H2,1-3H3,(H,25,26)/b12-11+. The second-order valence-corrected chi connectivity index (χ2v) is 10.6. The number of anilines is 2. The SMILES string of the molecule is CCC1(CC)CN(c2ccccc2)c2cc(SC)c(O/C=C/C(=O)O)cc2S(O)(O)C1. The van der Waals surface area contributed by atoms with Gasteiger partial charge in [-0.25, -0.2) is 4.79 Å². The molecule has 0 amide bonds. The van der Waals surface area contributed by atoms with Gasteiger partial charge in [0.15, 0.2) is 0 Å². The van der Waals surface area contributed by atoms with Gasteiger partial charge in [-0.05, 0) is 37.3 Å². The maximum absolute atomic E-state index is 11.3. The monoisotopic (exact) mass is 463 g/mol. The van der Waals surface area contributed by atoms with Crippen LogP contribution in [0.5, 0.6) is 5.75 Å². The summed E-state index contributed by atoms with van der Waals surface area (Å²) in [5.41, 5.74) is 1.46. The van der Waals surface area contributed by atoms with Crippen molar-refractivity contribution in [3.63, 3.8) is 0 Å². The number of hydrogen-bond donors (Lipinski definition) is 3. The van der Waals surface area contributed by atoms with Crippen molar-refractivity contribution in [3.8, 4) is 5.75 Å². The highest BCUT2D eigenvalue weighted by Crippen LogP contribution is 2.61. The number of nitrogens with zero attached hydrogens (tertiary/aromatic N) is 1. The fourth-order valence-corrected chi connectivity index (χ4v) is 6.75. The highest BCUT2D eigenvalue weighted by atomic mass is 32.3. The van der Waals surface area contributed by atoms with Crippen LogP contribution in [0.4, 0.5) is 11.4 Å². The Labute approximate surface area is 189 Å². The van der Waals surface area contributed by atoms with Crippen molar-refractivity contribution in [2.45, 2.75) is 36.5 Å². The van der Waals surface area contributed by atoms with Crippen LogP contribution in [0.15, 0.2) is 64.6 Å². The Morgan fingerprint density at radius 3 is 2.48 bits per heavy atom. The third-order valence-electron chi connectivity index (χ3n) is 5.86. The van der Waals surface area contributed by atoms with Gasteiger partial charge < -0.3 is 14.7 Å². The number of carboxylic acids is 1. The topological polar surface area (TPSA) is 90.2 Å². The zero-order valence-electron chi connectivity index (χ0n) is 17.9. The van der Waals surface area contributed by atoms with E-state index in [1.807, 2.05) is 42.7 Å². The summed E-state index contributed by atoms with van der Waals surface area (Å²) in [6.45, 7) is 4.85. The minimum absolute atomic E-state index is 0.266. The Morgan fingerprint density at radius 2 is 1.90 bits per heavy atom. The molecule has 3 N–H and O–H groups in total. The number of benzene rings is 2. The molecule has 0 aromatic heterocycles. The molecule has 0 saturated carbocycles. The molecule has 8 heteroatoms. The molecule has 1 heterocycles. The summed E-state index contributed by atoms with van der Waals surface area (Å²) in [6, 6.07) is 13.5. The van der Waals surface area contributed by atoms with Crippen LogP contribution in [0.1, 0.15) is 26.7 Å². The van der Waals surface area contributed by atoms with E-state index in [1.165, 1.54) is 11.8 Å². The van der Waals surface area contributed by atoms with Gasteiger partial charge in [0.25, 0.3) is 0 Å². The van der Waals surface area contributed by atoms with E-state index in [1.54, 1.807) is 6.07 Å². The molecule has 0 bridgehead atoms. The predicted molar refractivity (Wildman–Crippen MR) is 128 cm³/mol. The fraction of sp³-hybridized carbons (Fsp3) is 0.348. The summed E-state index contributed by atoms with van der Waals surface area (Å²) in [6.07, 6.45) is 5.54. The molecule has 0 aliphatic carbocycles. The van der Waals surface area contributed by atoms with Crippen molar-refractivity contribution in [3.05, 3.63) is 54.8 Å². The molecular weight excluding hydrogens is 434 g/mol. The van der Waals surface area contributed by atoms with Crippen LogP contribution >= 0.6 is 22.4 Å². The first-order chi connectivity index (χ1) is 14.7. The van der Waals surface area contributed by atoms with E-state index >= 15 is 0 Å². The van der Waals surface area contributed by atoms with E-state index in [2.05, 4.69) is 18.7 Å². The van der Waals surface area contributed by atoms with Gasteiger partial charge in [-0.3, -0.25) is 9.11 Å². The summed E-state index contributed by atoms with van der Waals surface area (Å²) >= 11 is 1.46. The van der Waals surface area contributed by atoms with Gasteiger partial charge in [0.2, 0.25) is 0 Å². The second kappa shape index (κ2) is 9.56. The van der Waals surface area contributed by atoms with Crippen molar-refractivity contribution < 1.29 is 23.7 Å². The van der Waals surface area contributed by atoms with Gasteiger partial charge in [0.05, 0.1) is 27.8 Å². The summed E-state index contributed by atoms with van der Waals surface area (Å²) in [4.78, 5) is 14.2. The zero-order valence-corrected chi connectivity index (χ0v) is 19.6. The number of carboxylic acid groups (broad SMARTS) is 1. The van der Waals surface area contributed by atoms with Crippen molar-refractivity contribution in [2.75, 3.05) is 23.5 Å². The Hall–Kier alpha value is -2.13. The fourth-order valence-electron chi connectivity index (χ4n) is 3.91. The van der Waals surface area contributed by atoms with Gasteiger partial charge in [-0.15, -0.1) is 11.8 Å². The van der Waals surface area contributed by atoms with Gasteiger partial charge in [0, 0.05) is 29.5 Å². The number of thioether (sulfide) groups is 1. The molecule has 6 nitrogen and oxygen atoms in total. The highest BCUT2D eigenvalue weighted by Gasteiger charge is 2.41. The van der Waals surface area contributed by atoms with E-state index < -0.39 is 16.6 Å². The molecular formula is C23H29NO5S2. The zero-order chi connectivity index (χ0) is 22.6. The molecule has 1 aliphatic rings. The van der Waals surface area contributed by atoms with Gasteiger partial charge in [-0.2, -0.15) is 10.6 Å². The highest BCUT2D eigenvalue weighted by molar-refractivity contribution is 8.24. The molecule has 0 fully saturated rings. The molecule has 0 spiro atoms. The first kappa shape index (κ1) is 23.5. The van der Waals surface area contributed by atoms with Crippen LogP contribution in [-0.4, -0.2) is 38.7 Å². The molecule has 0 saturated heterocycles. The summed E-state index contributed by atoms with van der Waals surface area (Å²) in [5, 5.41) is 8.85. The molecule has 0 atom stereocenters. The maximum atomic E-state index is 11.3. The third kappa shape index (κ3) is 5.03. The molecule has 3 rings (SSSR count). The van der Waals surface area contributed by atoms with Crippen molar-refractivity contribution >= 4 is 39.7 Å². The number of ether oxygens (including phenoxy) is 1. The Morgan fingerprint density at radius 1 is 1.23 bits per heavy atom. The van der Waals surface area contributed by atoms with Gasteiger partial charge in [0.1, 0.15) is 5.75 Å². The van der Waals surface area contributed by atoms with E-state index in [-0.39, 0.29) is 11.2 Å². The largest absolute Gasteiger partial charge is 0.478 e. The molecule has 2 aromatic rings. The Kier molecular flexibility index (Phi) is 7.26. The molecule has 168 valence electrons. The number of fused-ring (bicyclic) bond motifs is 1. The quantitative estimate of drug-likeness (QED) is 0.247. The first-order valence-corrected chi connectivity index (χ1v) is 13.1. The van der Waals surface area contributed by atoms with E-state index in [9.17, 15) is 13.9 Å². The van der Waals surface area contributed by atoms with Crippen LogP contribution in [0.2, 0.25) is 0 Å². The van der Waals surface area contributed by atoms with Gasteiger partial charge in [-0.1, -0.05) is 32.0 Å². The van der Waals surface area contributed by atoms with Crippen LogP contribution in [-0.2, 0) is 4.79 Å². The van der Waals surface area contributed by atoms with E-state index in [0.717, 1.165) is 41.4 Å². The number of rotatable bonds is 7. The predicted octanol–water partition coefficient (Wildman–Crippen LogP) is 6.45. The summed E-state index contributed by atoms with van der Waals surface area (Å²) in [5.74, 6) is -0.445. The lowest BCUT2D eigenvalue weighted by Gasteiger charge is -2.40. The van der Waals surface area contributed by atoms with Crippen molar-refractivity contribution in [2.24, 2.45) is 5.41 Å². The molecule has 31 heavy (non-hydrogen) atoms. The lowest BCUT2D eigenvalue weighted by Crippen LogP contribution is -2.36. The summed E-state index contributed by atoms with van der Waals surface area (Å²) < 4.78 is 28.2. The van der Waals surface area contributed by atoms with Crippen molar-refractivity contribution in [1.82, 2.24) is 0 Å². The Balaban J connectivity index is 2.22.